The number of amides is 1. The number of hydrogen-bond donors (Lipinski definition) is 0. The number of carbonyl (C=O) groups is 1. The van der Waals surface area contributed by atoms with Crippen LogP contribution in [0.2, 0.25) is 0 Å². The van der Waals surface area contributed by atoms with Crippen molar-refractivity contribution in [3.05, 3.63) is 18.0 Å². The van der Waals surface area contributed by atoms with Crippen molar-refractivity contribution in [1.82, 2.24) is 9.47 Å². The molecule has 5 nitrogen and oxygen atoms in total. The van der Waals surface area contributed by atoms with Gasteiger partial charge in [0.25, 0.3) is 15.0 Å². The molecular weight excluding hydrogens is 276 g/mol. The quantitative estimate of drug-likeness (QED) is 0.778. The maximum absolute atomic E-state index is 12.1. The Morgan fingerprint density at radius 1 is 1.50 bits per heavy atom. The molecule has 18 heavy (non-hydrogen) atoms. The van der Waals surface area contributed by atoms with E-state index >= 15 is 0 Å². The Balaban J connectivity index is 2.97. The first-order chi connectivity index (χ1) is 8.27. The summed E-state index contributed by atoms with van der Waals surface area (Å²) in [5.74, 6) is -0.211. The van der Waals surface area contributed by atoms with E-state index in [0.29, 0.717) is 12.2 Å². The predicted octanol–water partition coefficient (Wildman–Crippen LogP) is 1.82. The molecule has 1 aromatic heterocycles. The molecule has 0 spiro atoms. The molecule has 0 bridgehead atoms. The van der Waals surface area contributed by atoms with E-state index in [2.05, 4.69) is 0 Å². The fraction of sp³-hybridized carbons (Fsp3) is 0.545. The van der Waals surface area contributed by atoms with E-state index < -0.39 is 9.05 Å². The lowest BCUT2D eigenvalue weighted by Crippen LogP contribution is -2.29. The number of unbranched alkanes of at least 4 members (excludes halogenated alkanes) is 1. The van der Waals surface area contributed by atoms with Crippen molar-refractivity contribution in [1.29, 1.82) is 0 Å². The molecule has 0 fully saturated rings. The van der Waals surface area contributed by atoms with Crippen molar-refractivity contribution in [2.24, 2.45) is 7.05 Å². The second-order valence-corrected chi connectivity index (χ2v) is 6.76. The van der Waals surface area contributed by atoms with Crippen LogP contribution in [0.15, 0.2) is 17.2 Å². The predicted molar refractivity (Wildman–Crippen MR) is 70.3 cm³/mol. The molecule has 0 aliphatic carbocycles. The standard InChI is InChI=1S/C11H17ClN2O3S/c1-4-5-6-13(2)11(15)10-7-9(8-14(10)3)18(12,16)17/h7-8H,4-6H2,1-3H3. The smallest absolute Gasteiger partial charge is 0.270 e. The van der Waals surface area contributed by atoms with Crippen LogP contribution in [0.25, 0.3) is 0 Å². The average Bonchev–Trinajstić information content (AvgIpc) is 2.66. The molecule has 0 unspecified atom stereocenters. The van der Waals surface area contributed by atoms with E-state index in [0.717, 1.165) is 12.8 Å². The van der Waals surface area contributed by atoms with Gasteiger partial charge in [0.1, 0.15) is 10.6 Å². The van der Waals surface area contributed by atoms with Crippen molar-refractivity contribution in [2.75, 3.05) is 13.6 Å². The summed E-state index contributed by atoms with van der Waals surface area (Å²) in [6.45, 7) is 2.68. The van der Waals surface area contributed by atoms with Crippen LogP contribution < -0.4 is 0 Å². The molecule has 1 aromatic rings. The minimum atomic E-state index is -3.80. The van der Waals surface area contributed by atoms with Crippen LogP contribution in [0, 0.1) is 0 Å². The third-order valence-corrected chi connectivity index (χ3v) is 4.00. The molecule has 1 rings (SSSR count). The maximum Gasteiger partial charge on any atom is 0.270 e. The highest BCUT2D eigenvalue weighted by molar-refractivity contribution is 8.13. The summed E-state index contributed by atoms with van der Waals surface area (Å²) in [5, 5.41) is 0. The van der Waals surface area contributed by atoms with Crippen LogP contribution >= 0.6 is 10.7 Å². The van der Waals surface area contributed by atoms with Gasteiger partial charge in [-0.05, 0) is 12.5 Å². The van der Waals surface area contributed by atoms with E-state index in [4.69, 9.17) is 10.7 Å². The van der Waals surface area contributed by atoms with Crippen molar-refractivity contribution in [3.63, 3.8) is 0 Å². The highest BCUT2D eigenvalue weighted by Gasteiger charge is 2.20. The summed E-state index contributed by atoms with van der Waals surface area (Å²) in [4.78, 5) is 13.6. The summed E-state index contributed by atoms with van der Waals surface area (Å²) in [7, 11) is 4.76. The van der Waals surface area contributed by atoms with Gasteiger partial charge < -0.3 is 9.47 Å². The molecule has 0 radical (unpaired) electrons. The third kappa shape index (κ3) is 3.49. The molecule has 0 aliphatic rings. The van der Waals surface area contributed by atoms with E-state index in [1.54, 1.807) is 19.0 Å². The fourth-order valence-electron chi connectivity index (χ4n) is 1.57. The second kappa shape index (κ2) is 5.75. The van der Waals surface area contributed by atoms with E-state index in [-0.39, 0.29) is 10.8 Å². The number of halogens is 1. The Hall–Kier alpha value is -1.01. The number of hydrogen-bond acceptors (Lipinski definition) is 3. The van der Waals surface area contributed by atoms with Crippen LogP contribution in [0.1, 0.15) is 30.3 Å². The van der Waals surface area contributed by atoms with Gasteiger partial charge in [-0.25, -0.2) is 8.42 Å². The fourth-order valence-corrected chi connectivity index (χ4v) is 2.36. The van der Waals surface area contributed by atoms with Gasteiger partial charge >= 0.3 is 0 Å². The molecule has 102 valence electrons. The van der Waals surface area contributed by atoms with E-state index in [9.17, 15) is 13.2 Å². The van der Waals surface area contributed by atoms with Gasteiger partial charge in [0.2, 0.25) is 0 Å². The first-order valence-corrected chi connectivity index (χ1v) is 7.94. The molecule has 1 heterocycles. The minimum absolute atomic E-state index is 0.0566. The van der Waals surface area contributed by atoms with Crippen molar-refractivity contribution in [2.45, 2.75) is 24.7 Å². The SMILES string of the molecule is CCCCN(C)C(=O)c1cc(S(=O)(=O)Cl)cn1C. The molecule has 1 amide bonds. The zero-order chi connectivity index (χ0) is 13.9. The third-order valence-electron chi connectivity index (χ3n) is 2.67. The number of aromatic nitrogens is 1. The minimum Gasteiger partial charge on any atom is -0.345 e. The Labute approximate surface area is 112 Å². The van der Waals surface area contributed by atoms with Gasteiger partial charge in [0, 0.05) is 37.5 Å². The van der Waals surface area contributed by atoms with Crippen LogP contribution in [-0.4, -0.2) is 37.4 Å². The van der Waals surface area contributed by atoms with Gasteiger partial charge in [-0.15, -0.1) is 0 Å². The number of rotatable bonds is 5. The normalized spacial score (nSPS) is 11.6. The second-order valence-electron chi connectivity index (χ2n) is 4.19. The highest BCUT2D eigenvalue weighted by Crippen LogP contribution is 2.18. The Kier molecular flexibility index (Phi) is 4.81. The first-order valence-electron chi connectivity index (χ1n) is 5.64. The first kappa shape index (κ1) is 15.0. The van der Waals surface area contributed by atoms with Crippen LogP contribution in [0.5, 0.6) is 0 Å². The Morgan fingerprint density at radius 3 is 2.56 bits per heavy atom. The number of carbonyl (C=O) groups excluding carboxylic acids is 1. The van der Waals surface area contributed by atoms with Crippen molar-refractivity contribution in [3.8, 4) is 0 Å². The molecule has 0 saturated heterocycles. The highest BCUT2D eigenvalue weighted by atomic mass is 35.7. The maximum atomic E-state index is 12.1. The molecule has 0 aromatic carbocycles. The van der Waals surface area contributed by atoms with Crippen LogP contribution in [-0.2, 0) is 16.1 Å². The lowest BCUT2D eigenvalue weighted by molar-refractivity contribution is 0.0784. The summed E-state index contributed by atoms with van der Waals surface area (Å²) >= 11 is 0. The topological polar surface area (TPSA) is 59.4 Å². The summed E-state index contributed by atoms with van der Waals surface area (Å²) in [5.41, 5.74) is 0.313. The summed E-state index contributed by atoms with van der Waals surface area (Å²) in [6, 6.07) is 1.30. The number of nitrogens with zero attached hydrogens (tertiary/aromatic N) is 2. The van der Waals surface area contributed by atoms with Gasteiger partial charge in [0.15, 0.2) is 0 Å². The average molecular weight is 293 g/mol. The van der Waals surface area contributed by atoms with Crippen molar-refractivity contribution < 1.29 is 13.2 Å². The summed E-state index contributed by atoms with van der Waals surface area (Å²) < 4.78 is 23.9. The van der Waals surface area contributed by atoms with Gasteiger partial charge in [0.05, 0.1) is 0 Å². The Bertz CT molecular complexity index is 536. The van der Waals surface area contributed by atoms with Crippen molar-refractivity contribution >= 4 is 25.6 Å². The van der Waals surface area contributed by atoms with Gasteiger partial charge in [-0.1, -0.05) is 13.3 Å². The molecule has 0 saturated carbocycles. The molecule has 0 aliphatic heterocycles. The number of aryl methyl sites for hydroxylation is 1. The summed E-state index contributed by atoms with van der Waals surface area (Å²) in [6.07, 6.45) is 3.24. The zero-order valence-electron chi connectivity index (χ0n) is 10.7. The van der Waals surface area contributed by atoms with Gasteiger partial charge in [-0.3, -0.25) is 4.79 Å². The van der Waals surface area contributed by atoms with Gasteiger partial charge in [-0.2, -0.15) is 0 Å². The van der Waals surface area contributed by atoms with E-state index in [1.807, 2.05) is 6.92 Å². The van der Waals surface area contributed by atoms with E-state index in [1.165, 1.54) is 16.8 Å². The Morgan fingerprint density at radius 2 is 2.11 bits per heavy atom. The molecule has 0 N–H and O–H groups in total. The monoisotopic (exact) mass is 292 g/mol. The zero-order valence-corrected chi connectivity index (χ0v) is 12.3. The van der Waals surface area contributed by atoms with Crippen LogP contribution in [0.4, 0.5) is 0 Å². The van der Waals surface area contributed by atoms with Crippen LogP contribution in [0.3, 0.4) is 0 Å². The largest absolute Gasteiger partial charge is 0.345 e. The lowest BCUT2D eigenvalue weighted by atomic mass is 10.3. The molecule has 7 heteroatoms. The molecule has 0 atom stereocenters. The lowest BCUT2D eigenvalue weighted by Gasteiger charge is -2.16. The molecular formula is C11H17ClN2O3S.